The molecular weight excluding hydrogens is 250 g/mol. The maximum atomic E-state index is 12.1. The molecule has 2 rings (SSSR count). The van der Waals surface area contributed by atoms with Crippen molar-refractivity contribution in [2.75, 3.05) is 0 Å². The number of nitrogens with two attached hydrogens (primary N) is 1. The summed E-state index contributed by atoms with van der Waals surface area (Å²) in [6.45, 7) is 1.77. The van der Waals surface area contributed by atoms with Crippen LogP contribution in [-0.2, 0) is 16.6 Å². The first-order valence-electron chi connectivity index (χ1n) is 5.39. The summed E-state index contributed by atoms with van der Waals surface area (Å²) < 4.78 is 17.2. The molecule has 0 bridgehead atoms. The maximum Gasteiger partial charge on any atom is 0.248 e. The van der Waals surface area contributed by atoms with E-state index in [2.05, 4.69) is 0 Å². The predicted octanol–water partition coefficient (Wildman–Crippen LogP) is 1.99. The van der Waals surface area contributed by atoms with E-state index in [1.807, 2.05) is 6.07 Å². The van der Waals surface area contributed by atoms with Crippen LogP contribution in [0, 0.1) is 6.92 Å². The van der Waals surface area contributed by atoms with E-state index >= 15 is 0 Å². The van der Waals surface area contributed by atoms with Gasteiger partial charge in [0.05, 0.1) is 27.7 Å². The van der Waals surface area contributed by atoms with Crippen LogP contribution in [0.25, 0.3) is 0 Å². The molecule has 0 saturated carbocycles. The summed E-state index contributed by atoms with van der Waals surface area (Å²) in [4.78, 5) is 11.7. The van der Waals surface area contributed by atoms with Crippen LogP contribution in [0.1, 0.15) is 21.7 Å². The molecular formula is C13H13NO3S. The Balaban J connectivity index is 2.20. The summed E-state index contributed by atoms with van der Waals surface area (Å²) in [5, 5.41) is 0. The SMILES string of the molecule is Cc1occc1[S@](=O)Cc1cccc(C(N)=O)c1. The van der Waals surface area contributed by atoms with E-state index in [-0.39, 0.29) is 0 Å². The van der Waals surface area contributed by atoms with Gasteiger partial charge in [-0.05, 0) is 30.7 Å². The topological polar surface area (TPSA) is 73.3 Å². The van der Waals surface area contributed by atoms with Crippen LogP contribution < -0.4 is 5.73 Å². The van der Waals surface area contributed by atoms with Gasteiger partial charge in [-0.25, -0.2) is 0 Å². The Morgan fingerprint density at radius 3 is 2.78 bits per heavy atom. The molecule has 4 nitrogen and oxygen atoms in total. The van der Waals surface area contributed by atoms with Crippen molar-refractivity contribution in [2.24, 2.45) is 5.73 Å². The summed E-state index contributed by atoms with van der Waals surface area (Å²) in [6.07, 6.45) is 1.52. The fraction of sp³-hybridized carbons (Fsp3) is 0.154. The minimum atomic E-state index is -1.18. The molecule has 0 saturated heterocycles. The fourth-order valence-electron chi connectivity index (χ4n) is 1.65. The Hall–Kier alpha value is -1.88. The first-order valence-corrected chi connectivity index (χ1v) is 6.71. The number of rotatable bonds is 4. The zero-order valence-electron chi connectivity index (χ0n) is 9.88. The van der Waals surface area contributed by atoms with Gasteiger partial charge in [-0.3, -0.25) is 9.00 Å². The van der Waals surface area contributed by atoms with Gasteiger partial charge in [0, 0.05) is 5.56 Å². The van der Waals surface area contributed by atoms with Crippen LogP contribution in [0.3, 0.4) is 0 Å². The Bertz CT molecular complexity index is 604. The third-order valence-corrected chi connectivity index (χ3v) is 4.08. The number of hydrogen-bond donors (Lipinski definition) is 1. The molecule has 1 aromatic heterocycles. The Morgan fingerprint density at radius 2 is 2.17 bits per heavy atom. The number of aryl methyl sites for hydroxylation is 1. The summed E-state index contributed by atoms with van der Waals surface area (Å²) in [5.74, 6) is 0.503. The molecule has 1 amide bonds. The van der Waals surface area contributed by atoms with Gasteiger partial charge in [0.25, 0.3) is 0 Å². The van der Waals surface area contributed by atoms with Crippen molar-refractivity contribution in [1.29, 1.82) is 0 Å². The first-order chi connectivity index (χ1) is 8.58. The van der Waals surface area contributed by atoms with Crippen LogP contribution in [0.5, 0.6) is 0 Å². The van der Waals surface area contributed by atoms with E-state index in [1.54, 1.807) is 31.2 Å². The van der Waals surface area contributed by atoms with E-state index in [9.17, 15) is 9.00 Å². The first kappa shape index (κ1) is 12.6. The van der Waals surface area contributed by atoms with Crippen LogP contribution in [0.15, 0.2) is 45.9 Å². The molecule has 0 aliphatic carbocycles. The van der Waals surface area contributed by atoms with Crippen molar-refractivity contribution in [3.8, 4) is 0 Å². The highest BCUT2D eigenvalue weighted by molar-refractivity contribution is 7.84. The number of carbonyl (C=O) groups is 1. The number of benzene rings is 1. The third-order valence-electron chi connectivity index (χ3n) is 2.57. The minimum Gasteiger partial charge on any atom is -0.468 e. The highest BCUT2D eigenvalue weighted by atomic mass is 32.2. The zero-order chi connectivity index (χ0) is 13.1. The molecule has 2 aromatic rings. The molecule has 0 radical (unpaired) electrons. The third kappa shape index (κ3) is 2.68. The largest absolute Gasteiger partial charge is 0.468 e. The molecule has 0 spiro atoms. The standard InChI is InChI=1S/C13H13NO3S/c1-9-12(5-6-17-9)18(16)8-10-3-2-4-11(7-10)13(14)15/h2-7H,8H2,1H3,(H2,14,15)/t18-/m1/s1. The fourth-order valence-corrected chi connectivity index (χ4v) is 2.87. The van der Waals surface area contributed by atoms with Gasteiger partial charge >= 0.3 is 0 Å². The van der Waals surface area contributed by atoms with E-state index in [0.29, 0.717) is 22.0 Å². The van der Waals surface area contributed by atoms with Crippen molar-refractivity contribution in [2.45, 2.75) is 17.6 Å². The normalized spacial score (nSPS) is 12.3. The number of hydrogen-bond acceptors (Lipinski definition) is 3. The van der Waals surface area contributed by atoms with Gasteiger partial charge < -0.3 is 10.2 Å². The van der Waals surface area contributed by atoms with E-state index in [0.717, 1.165) is 5.56 Å². The maximum absolute atomic E-state index is 12.1. The van der Waals surface area contributed by atoms with Crippen molar-refractivity contribution >= 4 is 16.7 Å². The lowest BCUT2D eigenvalue weighted by atomic mass is 10.1. The van der Waals surface area contributed by atoms with Crippen molar-refractivity contribution < 1.29 is 13.4 Å². The molecule has 94 valence electrons. The lowest BCUT2D eigenvalue weighted by Gasteiger charge is -2.03. The van der Waals surface area contributed by atoms with Crippen LogP contribution in [0.2, 0.25) is 0 Å². The molecule has 1 aromatic carbocycles. The number of carbonyl (C=O) groups excluding carboxylic acids is 1. The summed E-state index contributed by atoms with van der Waals surface area (Å²) >= 11 is 0. The van der Waals surface area contributed by atoms with E-state index in [1.165, 1.54) is 6.26 Å². The second-order valence-corrected chi connectivity index (χ2v) is 5.32. The van der Waals surface area contributed by atoms with Crippen molar-refractivity contribution in [3.05, 3.63) is 53.5 Å². The van der Waals surface area contributed by atoms with E-state index < -0.39 is 16.7 Å². The van der Waals surface area contributed by atoms with Crippen LogP contribution in [-0.4, -0.2) is 10.1 Å². The average Bonchev–Trinajstić information content (AvgIpc) is 2.76. The Morgan fingerprint density at radius 1 is 1.39 bits per heavy atom. The molecule has 2 N–H and O–H groups in total. The van der Waals surface area contributed by atoms with Gasteiger partial charge in [0.2, 0.25) is 5.91 Å². The highest BCUT2D eigenvalue weighted by Crippen LogP contribution is 2.17. The van der Waals surface area contributed by atoms with Crippen LogP contribution in [0.4, 0.5) is 0 Å². The number of furan rings is 1. The smallest absolute Gasteiger partial charge is 0.248 e. The monoisotopic (exact) mass is 263 g/mol. The molecule has 0 fully saturated rings. The van der Waals surface area contributed by atoms with Gasteiger partial charge in [0.15, 0.2) is 0 Å². The number of primary amides is 1. The Kier molecular flexibility index (Phi) is 3.62. The predicted molar refractivity (Wildman–Crippen MR) is 68.5 cm³/mol. The Labute approximate surface area is 107 Å². The second-order valence-electron chi connectivity index (χ2n) is 3.90. The van der Waals surface area contributed by atoms with Gasteiger partial charge in [-0.2, -0.15) is 0 Å². The van der Waals surface area contributed by atoms with Gasteiger partial charge in [0.1, 0.15) is 5.76 Å². The van der Waals surface area contributed by atoms with Crippen molar-refractivity contribution in [1.82, 2.24) is 0 Å². The molecule has 0 unspecified atom stereocenters. The summed E-state index contributed by atoms with van der Waals surface area (Å²) in [5.41, 5.74) is 6.44. The minimum absolute atomic E-state index is 0.335. The highest BCUT2D eigenvalue weighted by Gasteiger charge is 2.11. The molecule has 0 aliphatic rings. The molecule has 1 heterocycles. The van der Waals surface area contributed by atoms with Crippen LogP contribution >= 0.6 is 0 Å². The molecule has 5 heteroatoms. The number of amides is 1. The van der Waals surface area contributed by atoms with Gasteiger partial charge in [-0.15, -0.1) is 0 Å². The quantitative estimate of drug-likeness (QED) is 0.916. The van der Waals surface area contributed by atoms with Gasteiger partial charge in [-0.1, -0.05) is 12.1 Å². The van der Waals surface area contributed by atoms with E-state index in [4.69, 9.17) is 10.2 Å². The summed E-state index contributed by atoms with van der Waals surface area (Å²) in [7, 11) is -1.18. The molecule has 1 atom stereocenters. The molecule has 18 heavy (non-hydrogen) atoms. The average molecular weight is 263 g/mol. The zero-order valence-corrected chi connectivity index (χ0v) is 10.7. The van der Waals surface area contributed by atoms with Crippen molar-refractivity contribution in [3.63, 3.8) is 0 Å². The lowest BCUT2D eigenvalue weighted by molar-refractivity contribution is 0.1000. The summed E-state index contributed by atoms with van der Waals surface area (Å²) in [6, 6.07) is 8.55. The second kappa shape index (κ2) is 5.18. The lowest BCUT2D eigenvalue weighted by Crippen LogP contribution is -2.11. The molecule has 0 aliphatic heterocycles.